The number of hydrogen-bond donors (Lipinski definition) is 2. The Morgan fingerprint density at radius 1 is 1.20 bits per heavy atom. The number of hydrogen-bond acceptors (Lipinski definition) is 7. The molecule has 162 valence electrons. The molecule has 0 radical (unpaired) electrons. The summed E-state index contributed by atoms with van der Waals surface area (Å²) in [6.07, 6.45) is 0. The Balaban J connectivity index is 1.76. The molecule has 2 N–H and O–H groups in total. The zero-order valence-corrected chi connectivity index (χ0v) is 18.6. The molecular weight excluding hydrogens is 404 g/mol. The van der Waals surface area contributed by atoms with E-state index in [1.54, 1.807) is 0 Å². The molecule has 0 spiro atoms. The molecule has 10 heteroatoms. The normalized spacial score (nSPS) is 14.5. The van der Waals surface area contributed by atoms with Crippen LogP contribution in [0.25, 0.3) is 5.69 Å². The molecule has 2 aromatic rings. The number of morpholine rings is 1. The third-order valence-corrected chi connectivity index (χ3v) is 5.17. The second-order valence-electron chi connectivity index (χ2n) is 8.10. The van der Waals surface area contributed by atoms with Crippen LogP contribution in [0.4, 0.5) is 10.7 Å². The zero-order chi connectivity index (χ0) is 21.7. The monoisotopic (exact) mass is 432 g/mol. The maximum atomic E-state index is 12.2. The first kappa shape index (κ1) is 22.1. The smallest absolute Gasteiger partial charge is 0.321 e. The minimum atomic E-state index is -0.512. The van der Waals surface area contributed by atoms with Gasteiger partial charge in [-0.25, -0.2) is 4.79 Å². The molecule has 30 heavy (non-hydrogen) atoms. The lowest BCUT2D eigenvalue weighted by Crippen LogP contribution is -2.48. The van der Waals surface area contributed by atoms with E-state index in [2.05, 4.69) is 25.7 Å². The Hall–Kier alpha value is -2.59. The fraction of sp³-hybridized carbons (Fsp3) is 0.500. The summed E-state index contributed by atoms with van der Waals surface area (Å²) in [6, 6.07) is 7.53. The molecule has 1 aromatic carbocycles. The zero-order valence-electron chi connectivity index (χ0n) is 17.8. The number of aromatic nitrogens is 3. The Kier molecular flexibility index (Phi) is 6.99. The highest BCUT2D eigenvalue weighted by Crippen LogP contribution is 2.27. The summed E-state index contributed by atoms with van der Waals surface area (Å²) in [6.45, 7) is 10.3. The average molecular weight is 433 g/mol. The Morgan fingerprint density at radius 2 is 1.93 bits per heavy atom. The van der Waals surface area contributed by atoms with E-state index in [-0.39, 0.29) is 5.75 Å². The molecule has 2 heterocycles. The van der Waals surface area contributed by atoms with E-state index in [4.69, 9.17) is 4.74 Å². The van der Waals surface area contributed by atoms with E-state index in [1.165, 1.54) is 11.8 Å². The summed E-state index contributed by atoms with van der Waals surface area (Å²) in [4.78, 5) is 26.3. The lowest BCUT2D eigenvalue weighted by Gasteiger charge is -2.28. The van der Waals surface area contributed by atoms with E-state index >= 15 is 0 Å². The molecule has 1 aliphatic rings. The number of ether oxygens (including phenoxy) is 1. The van der Waals surface area contributed by atoms with Crippen molar-refractivity contribution in [1.29, 1.82) is 0 Å². The van der Waals surface area contributed by atoms with Gasteiger partial charge in [-0.1, -0.05) is 23.9 Å². The van der Waals surface area contributed by atoms with Crippen molar-refractivity contribution in [2.24, 2.45) is 0 Å². The lowest BCUT2D eigenvalue weighted by molar-refractivity contribution is -0.117. The number of thioether (sulfide) groups is 1. The Bertz CT molecular complexity index is 902. The van der Waals surface area contributed by atoms with Crippen LogP contribution in [0.5, 0.6) is 0 Å². The summed E-state index contributed by atoms with van der Waals surface area (Å²) in [5.74, 6) is 0.371. The standard InChI is InChI=1S/C20H28N6O3S/c1-14-6-5-7-15(12-14)26-18(25-8-10-29-11-9-25)23-24-19(26)30-13-16(27)21-17(28)22-20(2,3)4/h5-7,12H,8-11,13H2,1-4H3,(H2,21,22,27,28). The second kappa shape index (κ2) is 9.48. The molecule has 3 rings (SSSR count). The predicted molar refractivity (Wildman–Crippen MR) is 116 cm³/mol. The highest BCUT2D eigenvalue weighted by Gasteiger charge is 2.23. The molecule has 0 bridgehead atoms. The summed E-state index contributed by atoms with van der Waals surface area (Å²) in [5, 5.41) is 14.4. The van der Waals surface area contributed by atoms with Gasteiger partial charge >= 0.3 is 6.03 Å². The van der Waals surface area contributed by atoms with Crippen LogP contribution in [0.2, 0.25) is 0 Å². The van der Waals surface area contributed by atoms with Gasteiger partial charge in [0.2, 0.25) is 11.9 Å². The molecule has 1 saturated heterocycles. The van der Waals surface area contributed by atoms with Crippen LogP contribution in [0, 0.1) is 6.92 Å². The number of urea groups is 1. The Morgan fingerprint density at radius 3 is 2.60 bits per heavy atom. The fourth-order valence-electron chi connectivity index (χ4n) is 2.98. The van der Waals surface area contributed by atoms with Crippen molar-refractivity contribution in [2.75, 3.05) is 37.0 Å². The van der Waals surface area contributed by atoms with Crippen LogP contribution >= 0.6 is 11.8 Å². The number of carbonyl (C=O) groups excluding carboxylic acids is 2. The quantitative estimate of drug-likeness (QED) is 0.698. The lowest BCUT2D eigenvalue weighted by atomic mass is 10.1. The molecule has 0 atom stereocenters. The van der Waals surface area contributed by atoms with Crippen molar-refractivity contribution in [1.82, 2.24) is 25.4 Å². The molecule has 9 nitrogen and oxygen atoms in total. The predicted octanol–water partition coefficient (Wildman–Crippen LogP) is 2.13. The van der Waals surface area contributed by atoms with Crippen molar-refractivity contribution in [3.8, 4) is 5.69 Å². The van der Waals surface area contributed by atoms with Crippen molar-refractivity contribution >= 4 is 29.6 Å². The highest BCUT2D eigenvalue weighted by atomic mass is 32.2. The number of amides is 3. The average Bonchev–Trinajstić information content (AvgIpc) is 3.09. The SMILES string of the molecule is Cc1cccc(-n2c(SCC(=O)NC(=O)NC(C)(C)C)nnc2N2CCOCC2)c1. The van der Waals surface area contributed by atoms with Crippen molar-refractivity contribution < 1.29 is 14.3 Å². The van der Waals surface area contributed by atoms with Gasteiger partial charge in [-0.15, -0.1) is 10.2 Å². The minimum Gasteiger partial charge on any atom is -0.378 e. The summed E-state index contributed by atoms with van der Waals surface area (Å²) in [7, 11) is 0. The first-order valence-corrected chi connectivity index (χ1v) is 10.8. The summed E-state index contributed by atoms with van der Waals surface area (Å²) < 4.78 is 7.40. The van der Waals surface area contributed by atoms with Crippen molar-refractivity contribution in [3.05, 3.63) is 29.8 Å². The van der Waals surface area contributed by atoms with Gasteiger partial charge in [0.05, 0.1) is 24.7 Å². The Labute approximate surface area is 180 Å². The van der Waals surface area contributed by atoms with E-state index in [9.17, 15) is 9.59 Å². The number of nitrogens with zero attached hydrogens (tertiary/aromatic N) is 4. The van der Waals surface area contributed by atoms with Gasteiger partial charge in [0.1, 0.15) is 0 Å². The molecular formula is C20H28N6O3S. The molecule has 1 aromatic heterocycles. The van der Waals surface area contributed by atoms with Gasteiger partial charge in [-0.05, 0) is 45.4 Å². The van der Waals surface area contributed by atoms with Crippen molar-refractivity contribution in [2.45, 2.75) is 38.4 Å². The summed E-state index contributed by atoms with van der Waals surface area (Å²) >= 11 is 1.24. The number of nitrogens with one attached hydrogen (secondary N) is 2. The summed E-state index contributed by atoms with van der Waals surface area (Å²) in [5.41, 5.74) is 1.62. The maximum absolute atomic E-state index is 12.2. The molecule has 0 saturated carbocycles. The van der Waals surface area contributed by atoms with Crippen LogP contribution in [0.15, 0.2) is 29.4 Å². The maximum Gasteiger partial charge on any atom is 0.321 e. The molecule has 0 aliphatic carbocycles. The molecule has 1 fully saturated rings. The van der Waals surface area contributed by atoms with E-state index < -0.39 is 17.5 Å². The first-order valence-electron chi connectivity index (χ1n) is 9.83. The van der Waals surface area contributed by atoms with Gasteiger partial charge in [0.25, 0.3) is 0 Å². The van der Waals surface area contributed by atoms with Crippen LogP contribution in [0.3, 0.4) is 0 Å². The fourth-order valence-corrected chi connectivity index (χ4v) is 3.73. The minimum absolute atomic E-state index is 0.0463. The van der Waals surface area contributed by atoms with Gasteiger partial charge in [-0.3, -0.25) is 14.7 Å². The first-order chi connectivity index (χ1) is 14.2. The number of benzene rings is 1. The number of imide groups is 1. The molecule has 1 aliphatic heterocycles. The van der Waals surface area contributed by atoms with E-state index in [0.29, 0.717) is 18.4 Å². The third-order valence-electron chi connectivity index (χ3n) is 4.24. The van der Waals surface area contributed by atoms with Gasteiger partial charge in [-0.2, -0.15) is 0 Å². The van der Waals surface area contributed by atoms with Crippen LogP contribution in [0.1, 0.15) is 26.3 Å². The van der Waals surface area contributed by atoms with Crippen LogP contribution in [-0.2, 0) is 9.53 Å². The number of carbonyl (C=O) groups is 2. The van der Waals surface area contributed by atoms with Gasteiger partial charge < -0.3 is 15.0 Å². The van der Waals surface area contributed by atoms with E-state index in [1.807, 2.05) is 56.5 Å². The van der Waals surface area contributed by atoms with Gasteiger partial charge in [0.15, 0.2) is 5.16 Å². The van der Waals surface area contributed by atoms with Gasteiger partial charge in [0, 0.05) is 18.6 Å². The number of rotatable bonds is 5. The van der Waals surface area contributed by atoms with Crippen LogP contribution in [-0.4, -0.2) is 64.3 Å². The number of anilines is 1. The van der Waals surface area contributed by atoms with Crippen LogP contribution < -0.4 is 15.5 Å². The van der Waals surface area contributed by atoms with Crippen molar-refractivity contribution in [3.63, 3.8) is 0 Å². The molecule has 0 unspecified atom stereocenters. The topological polar surface area (TPSA) is 101 Å². The van der Waals surface area contributed by atoms with E-state index in [0.717, 1.165) is 30.3 Å². The third kappa shape index (κ3) is 5.96. The number of aryl methyl sites for hydroxylation is 1. The highest BCUT2D eigenvalue weighted by molar-refractivity contribution is 7.99. The molecule has 3 amide bonds. The largest absolute Gasteiger partial charge is 0.378 e. The second-order valence-corrected chi connectivity index (χ2v) is 9.04.